The minimum Gasteiger partial charge on any atom is -0.508 e. The molecule has 4 aliphatic carbocycles. The summed E-state index contributed by atoms with van der Waals surface area (Å²) < 4.78 is 96.1. The Morgan fingerprint density at radius 1 is 0.403 bits per heavy atom. The van der Waals surface area contributed by atoms with Crippen LogP contribution in [0.2, 0.25) is 0 Å². The number of primary amides is 1. The maximum atomic E-state index is 14.1. The third-order valence-electron chi connectivity index (χ3n) is 24.7. The number of ketones is 3. The van der Waals surface area contributed by atoms with Crippen molar-refractivity contribution in [2.75, 3.05) is 0 Å². The highest BCUT2D eigenvalue weighted by Gasteiger charge is 2.52. The molecule has 21 nitrogen and oxygen atoms in total. The number of halogens is 7. The number of aromatic hydroxyl groups is 4. The lowest BCUT2D eigenvalue weighted by atomic mass is 9.79. The zero-order valence-corrected chi connectivity index (χ0v) is 77.5. The molecule has 1 amide bonds. The molecular weight excluding hydrogens is 1840 g/mol. The van der Waals surface area contributed by atoms with Crippen molar-refractivity contribution in [1.29, 1.82) is 10.5 Å². The minimum absolute atomic E-state index is 0.00173. The number of nitriles is 2. The first-order valence-corrected chi connectivity index (χ1v) is 45.4. The van der Waals surface area contributed by atoms with Crippen molar-refractivity contribution in [3.8, 4) is 57.4 Å². The number of carbonyl (C=O) groups excluding carboxylic acids is 4. The Hall–Kier alpha value is -15.4. The molecule has 702 valence electrons. The molecule has 5 aliphatic rings. The lowest BCUT2D eigenvalue weighted by molar-refractivity contribution is -0.135. The lowest BCUT2D eigenvalue weighted by Gasteiger charge is -2.32. The highest BCUT2D eigenvalue weighted by Crippen LogP contribution is 2.43. The van der Waals surface area contributed by atoms with Crippen molar-refractivity contribution in [2.24, 2.45) is 5.73 Å². The number of nitrogens with two attached hydrogens (primary N) is 1. The molecule has 0 bridgehead atoms. The van der Waals surface area contributed by atoms with Gasteiger partial charge >= 0.3 is 13.1 Å². The van der Waals surface area contributed by atoms with Gasteiger partial charge in [-0.25, -0.2) is 36.3 Å². The fourth-order valence-electron chi connectivity index (χ4n) is 17.6. The summed E-state index contributed by atoms with van der Waals surface area (Å²) in [6, 6.07) is 55.6. The Balaban J connectivity index is 0.000000145. The number of Topliss-reactive ketones (excluding diaryl/α,β-unsaturated/α-hetero) is 3. The van der Waals surface area contributed by atoms with Gasteiger partial charge < -0.3 is 40.6 Å². The summed E-state index contributed by atoms with van der Waals surface area (Å²) in [5.41, 5.74) is 23.2. The van der Waals surface area contributed by atoms with E-state index in [4.69, 9.17) is 25.4 Å². The van der Waals surface area contributed by atoms with Gasteiger partial charge in [0.15, 0.2) is 0 Å². The second-order valence-electron chi connectivity index (χ2n) is 35.2. The second kappa shape index (κ2) is 44.6. The summed E-state index contributed by atoms with van der Waals surface area (Å²) in [7, 11) is -0.435. The highest BCUT2D eigenvalue weighted by molar-refractivity contribution is 9.10. The number of phenols is 4. The van der Waals surface area contributed by atoms with E-state index in [1.54, 1.807) is 122 Å². The Labute approximate surface area is 806 Å². The first-order valence-electron chi connectivity index (χ1n) is 44.6. The number of fused-ring (bicyclic) bond motifs is 4. The van der Waals surface area contributed by atoms with Crippen LogP contribution in [0, 0.1) is 57.6 Å². The van der Waals surface area contributed by atoms with Gasteiger partial charge in [-0.2, -0.15) is 10.5 Å². The summed E-state index contributed by atoms with van der Waals surface area (Å²) in [5.74, 6) is -6.45. The van der Waals surface area contributed by atoms with Crippen LogP contribution in [0.5, 0.6) is 23.0 Å². The van der Waals surface area contributed by atoms with E-state index in [0.717, 1.165) is 113 Å². The van der Waals surface area contributed by atoms with Crippen molar-refractivity contribution >= 4 is 80.0 Å². The van der Waals surface area contributed by atoms with Crippen molar-refractivity contribution in [2.45, 2.75) is 147 Å². The van der Waals surface area contributed by atoms with Gasteiger partial charge in [-0.15, -0.1) is 0 Å². The number of rotatable bonds is 27. The van der Waals surface area contributed by atoms with E-state index in [1.807, 2.05) is 113 Å². The van der Waals surface area contributed by atoms with Crippen molar-refractivity contribution in [1.82, 2.24) is 29.9 Å². The molecule has 0 spiro atoms. The second-order valence-corrected chi connectivity index (χ2v) is 36.1. The van der Waals surface area contributed by atoms with Crippen LogP contribution in [0.25, 0.3) is 44.5 Å². The monoisotopic (exact) mass is 1940 g/mol. The number of nitrogens with zero attached hydrogens (tertiary/aromatic N) is 8. The van der Waals surface area contributed by atoms with E-state index in [1.165, 1.54) is 48.8 Å². The van der Waals surface area contributed by atoms with Crippen molar-refractivity contribution in [3.05, 3.63) is 396 Å². The summed E-state index contributed by atoms with van der Waals surface area (Å²) in [6.45, 7) is 8.00. The Kier molecular flexibility index (Phi) is 31.9. The van der Waals surface area contributed by atoms with Gasteiger partial charge in [0, 0.05) is 127 Å². The van der Waals surface area contributed by atoms with Gasteiger partial charge in [-0.1, -0.05) is 60.7 Å². The van der Waals surface area contributed by atoms with Crippen LogP contribution in [0.15, 0.2) is 266 Å². The topological polar surface area (TPSA) is 356 Å². The third kappa shape index (κ3) is 25.8. The van der Waals surface area contributed by atoms with Crippen LogP contribution in [-0.2, 0) is 73.4 Å². The molecule has 0 radical (unpaired) electrons. The Bertz CT molecular complexity index is 7060. The summed E-state index contributed by atoms with van der Waals surface area (Å²) in [5, 5.41) is 65.7. The normalized spacial score (nSPS) is 14.2. The molecule has 1 aliphatic heterocycles. The molecule has 0 saturated carbocycles. The number of hydrogen-bond acceptors (Lipinski definition) is 19. The zero-order chi connectivity index (χ0) is 98.9. The molecule has 0 unspecified atom stereocenters. The molecule has 1 fully saturated rings. The SMILES string of the molecule is CC1(C)OB(c2ccnc(C#N)c2)OC1(C)C.N#Cc1cc(-c2cccnc2[C@@H](CC(=O)CC2=CCc3ccc(O)cc32)Cc2cc(F)cc(F)c2)ccn1.NC(=O)c1cc(-c2cccnc2[C@@H](CC(=O)CC2=CCc3ccc(O)cc32)Cc2cc(F)cc(F)c2)ccn1.O=C(CC1=CCc2ccc(O)cc21)C[C@@H](Cc1cc(F)cc(F)c1)c1ncccc1Br.O=C(O)CC1=CCc2ccc(O)cc21. The number of aromatic nitrogens is 6. The fourth-order valence-corrected chi connectivity index (χ4v) is 18.2. The first-order chi connectivity index (χ1) is 66.6. The van der Waals surface area contributed by atoms with Gasteiger partial charge in [0.1, 0.15) is 104 Å². The molecule has 6 aromatic heterocycles. The number of pyridine rings is 6. The van der Waals surface area contributed by atoms with Crippen LogP contribution >= 0.6 is 15.9 Å². The number of allylic oxidation sites excluding steroid dienone is 7. The van der Waals surface area contributed by atoms with Crippen LogP contribution in [-0.4, -0.2) is 103 Å². The molecule has 7 N–H and O–H groups in total. The number of amides is 1. The summed E-state index contributed by atoms with van der Waals surface area (Å²) in [6.07, 6.45) is 21.7. The molecule has 18 rings (SSSR count). The molecule has 7 aromatic carbocycles. The van der Waals surface area contributed by atoms with Crippen LogP contribution in [0.3, 0.4) is 0 Å². The fraction of sp³-hybridized carbons (Fsp3) is 0.209. The lowest BCUT2D eigenvalue weighted by Crippen LogP contribution is -2.41. The maximum Gasteiger partial charge on any atom is 0.494 e. The van der Waals surface area contributed by atoms with Gasteiger partial charge in [0.25, 0.3) is 5.91 Å². The predicted molar refractivity (Wildman–Crippen MR) is 517 cm³/mol. The molecule has 7 heterocycles. The quantitative estimate of drug-likeness (QED) is 0.0206. The number of benzene rings is 7. The third-order valence-corrected chi connectivity index (χ3v) is 25.4. The van der Waals surface area contributed by atoms with E-state index < -0.39 is 65.7 Å². The molecule has 13 aromatic rings. The van der Waals surface area contributed by atoms with Gasteiger partial charge in [0.2, 0.25) is 0 Å². The average molecular weight is 1940 g/mol. The largest absolute Gasteiger partial charge is 0.508 e. The van der Waals surface area contributed by atoms with Gasteiger partial charge in [-0.05, 0) is 334 Å². The molecule has 29 heteroatoms. The van der Waals surface area contributed by atoms with E-state index in [9.17, 15) is 76.0 Å². The van der Waals surface area contributed by atoms with Crippen molar-refractivity contribution < 1.29 is 85.2 Å². The molecule has 3 atom stereocenters. The van der Waals surface area contributed by atoms with E-state index >= 15 is 0 Å². The average Bonchev–Trinajstić information content (AvgIpc) is 1.66. The molecule has 139 heavy (non-hydrogen) atoms. The first kappa shape index (κ1) is 99.5. The van der Waals surface area contributed by atoms with Crippen LogP contribution < -0.4 is 11.2 Å². The maximum absolute atomic E-state index is 14.1. The van der Waals surface area contributed by atoms with E-state index in [2.05, 4.69) is 45.8 Å². The van der Waals surface area contributed by atoms with Crippen LogP contribution in [0.1, 0.15) is 191 Å². The number of carboxylic acids is 1. The standard InChI is InChI=1S/C31H25F2N3O3.C31H23F2N3O2.C25H20BrF2NO2.C12H15BN2O2.C11H10O3/c32-23-11-18(12-24(33)16-23)10-22(14-26(38)13-20-4-3-19-5-6-25(37)17-28(19)20)30-27(2-1-8-36-30)21-7-9-35-29(15-21)31(34)39;32-24-11-19(12-25(33)16-24)10-23(15-28(38)14-21-4-3-20-5-6-27(37)17-30(20)21)31-29(2-1-8-36-31)22-7-9-35-26(13-22)18-34;26-24-2-1-7-29-25(24)18(8-15-9-19(27)13-20(28)10-15)12-22(31)11-17-4-3-16-5-6-21(30)14-23(16)17;1-11(2)12(3,4)17-13(16-11)9-5-6-15-10(7-9)8-14;12-9-4-3-7-1-2-8(5-11(13)14)10(7)6-9/h1-2,4-9,11-12,15-17,22,37H,3,10,13-14H2,(H2,34,39);1-2,4-9,11-13,16-17,23,37H,3,10,14-15H2;1-2,4-7,9-10,13-14,18,30H,3,8,11-12H2;5-7H,1-4H3;2-4,6,12H,1,5H2,(H,13,14)/t22-;23-;18-;;/m111../s1. The highest BCUT2D eigenvalue weighted by atomic mass is 79.9. The van der Waals surface area contributed by atoms with Gasteiger partial charge in [-0.3, -0.25) is 43.9 Å². The Morgan fingerprint density at radius 3 is 1.09 bits per heavy atom. The van der Waals surface area contributed by atoms with Gasteiger partial charge in [0.05, 0.1) is 34.7 Å². The number of hydrogen-bond donors (Lipinski definition) is 6. The number of phenolic OH excluding ortho intramolecular Hbond substituents is 4. The molecule has 1 saturated heterocycles. The number of carbonyl (C=O) groups is 5. The predicted octanol–water partition coefficient (Wildman–Crippen LogP) is 21.1. The molecular formula is C110H93BBrF6N9O12. The van der Waals surface area contributed by atoms with Crippen molar-refractivity contribution in [3.63, 3.8) is 0 Å². The Morgan fingerprint density at radius 2 is 0.734 bits per heavy atom. The summed E-state index contributed by atoms with van der Waals surface area (Å²) in [4.78, 5) is 87.7. The number of aliphatic carboxylic acids is 1. The zero-order valence-electron chi connectivity index (χ0n) is 75.9. The summed E-state index contributed by atoms with van der Waals surface area (Å²) >= 11 is 3.49. The smallest absolute Gasteiger partial charge is 0.494 e. The minimum atomic E-state index is -0.840. The van der Waals surface area contributed by atoms with E-state index in [0.29, 0.717) is 69.0 Å². The number of carboxylic acid groups (broad SMARTS) is 1. The van der Waals surface area contributed by atoms with E-state index in [-0.39, 0.29) is 133 Å². The van der Waals surface area contributed by atoms with Crippen LogP contribution in [0.4, 0.5) is 26.3 Å².